The topological polar surface area (TPSA) is 55.4 Å². The van der Waals surface area contributed by atoms with Crippen molar-refractivity contribution in [2.75, 3.05) is 0 Å². The minimum atomic E-state index is -0.234. The second-order valence-electron chi connectivity index (χ2n) is 4.73. The van der Waals surface area contributed by atoms with Crippen LogP contribution < -0.4 is 5.56 Å². The van der Waals surface area contributed by atoms with Crippen LogP contribution >= 0.6 is 0 Å². The van der Waals surface area contributed by atoms with Gasteiger partial charge in [0.05, 0.1) is 17.2 Å². The Labute approximate surface area is 168 Å². The van der Waals surface area contributed by atoms with Gasteiger partial charge in [0, 0.05) is 39.3 Å². The van der Waals surface area contributed by atoms with Crippen molar-refractivity contribution in [2.24, 2.45) is 0 Å². The monoisotopic (exact) mass is 403 g/mol. The molecule has 3 rings (SSSR count). The summed E-state index contributed by atoms with van der Waals surface area (Å²) in [5.74, 6) is -0.0160. The molecule has 1 N–H and O–H groups in total. The summed E-state index contributed by atoms with van der Waals surface area (Å²) >= 11 is 0. The Morgan fingerprint density at radius 3 is 2.38 bits per heavy atom. The number of benzene rings is 1. The van der Waals surface area contributed by atoms with Gasteiger partial charge in [0.15, 0.2) is 0 Å². The van der Waals surface area contributed by atoms with Gasteiger partial charge < -0.3 is 17.0 Å². The van der Waals surface area contributed by atoms with Gasteiger partial charge in [0.1, 0.15) is 5.75 Å². The van der Waals surface area contributed by atoms with E-state index in [4.69, 9.17) is 4.42 Å². The quantitative estimate of drug-likeness (QED) is 0.628. The van der Waals surface area contributed by atoms with Gasteiger partial charge in [0.25, 0.3) is 5.56 Å². The molecule has 127 valence electrons. The number of nitrogens with zero attached hydrogens (tertiary/aromatic N) is 1. The molecule has 0 bridgehead atoms. The number of aromatic hydroxyl groups is 1. The molecule has 0 fully saturated rings. The second-order valence-corrected chi connectivity index (χ2v) is 4.73. The number of pyridine rings is 1. The van der Waals surface area contributed by atoms with Crippen molar-refractivity contribution < 1.29 is 42.2 Å². The summed E-state index contributed by atoms with van der Waals surface area (Å²) in [5.41, 5.74) is 2.21. The van der Waals surface area contributed by atoms with Crippen LogP contribution in [-0.2, 0) is 39.3 Å². The average molecular weight is 403 g/mol. The van der Waals surface area contributed by atoms with Gasteiger partial charge in [-0.15, -0.1) is 0 Å². The molecular weight excluding hydrogens is 379 g/mol. The molecule has 4 nitrogen and oxygen atoms in total. The molecule has 0 saturated carbocycles. The van der Waals surface area contributed by atoms with Gasteiger partial charge >= 0.3 is 0 Å². The van der Waals surface area contributed by atoms with Crippen molar-refractivity contribution in [1.29, 1.82) is 0 Å². The van der Waals surface area contributed by atoms with Crippen LogP contribution in [0.1, 0.15) is 26.3 Å². The zero-order chi connectivity index (χ0) is 16.3. The summed E-state index contributed by atoms with van der Waals surface area (Å²) in [4.78, 5) is 12.6. The van der Waals surface area contributed by atoms with E-state index in [0.29, 0.717) is 23.2 Å². The fourth-order valence-electron chi connectivity index (χ4n) is 2.54. The number of hydrogen-bond donors (Lipinski definition) is 1. The Bertz CT molecular complexity index is 849. The Kier molecular flexibility index (Phi) is 9.23. The number of rotatable bonds is 2. The molecule has 0 aliphatic rings. The molecule has 0 unspecified atom stereocenters. The zero-order valence-corrected chi connectivity index (χ0v) is 17.8. The van der Waals surface area contributed by atoms with E-state index in [1.54, 1.807) is 6.07 Å². The van der Waals surface area contributed by atoms with E-state index in [1.807, 2.05) is 52.0 Å². The van der Waals surface area contributed by atoms with Crippen molar-refractivity contribution in [3.05, 3.63) is 59.9 Å². The van der Waals surface area contributed by atoms with Crippen LogP contribution in [0.25, 0.3) is 22.2 Å². The van der Waals surface area contributed by atoms with E-state index < -0.39 is 0 Å². The van der Waals surface area contributed by atoms with Gasteiger partial charge in [-0.1, -0.05) is 38.1 Å². The molecule has 0 amide bonds. The summed E-state index contributed by atoms with van der Waals surface area (Å²) in [6.07, 6.45) is 1.48. The van der Waals surface area contributed by atoms with Gasteiger partial charge in [0.2, 0.25) is 5.71 Å². The van der Waals surface area contributed by atoms with Crippen molar-refractivity contribution in [3.8, 4) is 16.9 Å². The second kappa shape index (κ2) is 9.80. The normalized spacial score (nSPS) is 9.50. The smallest absolute Gasteiger partial charge is 0.265 e. The number of aryl methyl sites for hydroxylation is 2. The van der Waals surface area contributed by atoms with Crippen LogP contribution in [0.15, 0.2) is 45.8 Å². The third-order valence-corrected chi connectivity index (χ3v) is 3.57. The first-order valence-corrected chi connectivity index (χ1v) is 7.54. The number of fused-ring (bicyclic) bond motifs is 1. The molecule has 0 aliphatic carbocycles. The van der Waals surface area contributed by atoms with Crippen LogP contribution in [0.2, 0.25) is 0 Å². The van der Waals surface area contributed by atoms with Gasteiger partial charge in [-0.3, -0.25) is 9.36 Å². The summed E-state index contributed by atoms with van der Waals surface area (Å²) in [6.45, 7) is 8.29. The zero-order valence-electron chi connectivity index (χ0n) is 15.0. The molecule has 2 aromatic heterocycles. The first-order valence-electron chi connectivity index (χ1n) is 7.54. The first kappa shape index (κ1) is 22.6. The first-order chi connectivity index (χ1) is 10.6. The predicted octanol–water partition coefficient (Wildman–Crippen LogP) is 4.77. The maximum Gasteiger partial charge on any atom is 0.265 e. The van der Waals surface area contributed by atoms with Crippen molar-refractivity contribution in [1.82, 2.24) is 4.57 Å². The molecule has 0 atom stereocenters. The fraction of sp³-hybridized carbons (Fsp3) is 0.263. The van der Waals surface area contributed by atoms with Crippen LogP contribution in [0.4, 0.5) is 0 Å². The van der Waals surface area contributed by atoms with Crippen LogP contribution in [0, 0.1) is 14.4 Å². The Morgan fingerprint density at radius 1 is 1.17 bits per heavy atom. The minimum absolute atomic E-state index is 0. The number of hydrogen-bond acceptors (Lipinski definition) is 3. The predicted molar refractivity (Wildman–Crippen MR) is 95.7 cm³/mol. The van der Waals surface area contributed by atoms with Crippen molar-refractivity contribution >= 4 is 11.1 Å². The van der Waals surface area contributed by atoms with E-state index >= 15 is 0 Å². The van der Waals surface area contributed by atoms with Gasteiger partial charge in [-0.05, 0) is 31.0 Å². The molecule has 0 spiro atoms. The number of furan rings is 1. The maximum atomic E-state index is 12.6. The third-order valence-electron chi connectivity index (χ3n) is 3.57. The minimum Gasteiger partial charge on any atom is -0.506 e. The third kappa shape index (κ3) is 3.81. The van der Waals surface area contributed by atoms with E-state index in [9.17, 15) is 9.90 Å². The largest absolute Gasteiger partial charge is 0.506 e. The number of aromatic nitrogens is 1. The summed E-state index contributed by atoms with van der Waals surface area (Å²) in [6, 6.07) is 9.21. The SMILES string of the molecule is CC.CCn1c(=O)c(-c2ccccc2C)c(O)c2ccoc21.[CH3-].[Y]. The van der Waals surface area contributed by atoms with E-state index in [0.717, 1.165) is 11.1 Å². The summed E-state index contributed by atoms with van der Waals surface area (Å²) < 4.78 is 6.86. The van der Waals surface area contributed by atoms with Crippen LogP contribution in [0.5, 0.6) is 5.75 Å². The summed E-state index contributed by atoms with van der Waals surface area (Å²) in [5, 5.41) is 11.0. The molecule has 2 heterocycles. The Morgan fingerprint density at radius 2 is 1.79 bits per heavy atom. The average Bonchev–Trinajstić information content (AvgIpc) is 3.01. The Hall–Kier alpha value is -1.39. The molecular formula is C19H24NO3Y-. The van der Waals surface area contributed by atoms with Crippen molar-refractivity contribution in [3.63, 3.8) is 0 Å². The Balaban J connectivity index is 0.00000128. The van der Waals surface area contributed by atoms with E-state index in [2.05, 4.69) is 0 Å². The molecule has 5 heteroatoms. The molecule has 0 aliphatic heterocycles. The van der Waals surface area contributed by atoms with Crippen LogP contribution in [0.3, 0.4) is 0 Å². The standard InChI is InChI=1S/C16H15NO3.C2H6.CH3.Y/c1-3-17-15(19)13(11-7-5-4-6-10(11)2)14(18)12-8-9-20-16(12)17;1-2;;/h4-9,18H,3H2,1-2H3;1-2H3;1H3;/q;;-1;. The maximum absolute atomic E-state index is 12.6. The van der Waals surface area contributed by atoms with Gasteiger partial charge in [-0.2, -0.15) is 0 Å². The molecule has 24 heavy (non-hydrogen) atoms. The molecule has 1 aromatic carbocycles. The fourth-order valence-corrected chi connectivity index (χ4v) is 2.54. The van der Waals surface area contributed by atoms with Crippen molar-refractivity contribution in [2.45, 2.75) is 34.2 Å². The molecule has 0 saturated heterocycles. The van der Waals surface area contributed by atoms with E-state index in [1.165, 1.54) is 10.8 Å². The van der Waals surface area contributed by atoms with E-state index in [-0.39, 0.29) is 51.4 Å². The molecule has 1 radical (unpaired) electrons. The molecule has 3 aromatic rings. The van der Waals surface area contributed by atoms with Crippen LogP contribution in [-0.4, -0.2) is 9.67 Å². The summed E-state index contributed by atoms with van der Waals surface area (Å²) in [7, 11) is 0. The van der Waals surface area contributed by atoms with Gasteiger partial charge in [-0.25, -0.2) is 0 Å².